The van der Waals surface area contributed by atoms with Crippen LogP contribution in [0.15, 0.2) is 170 Å². The molecule has 1 heterocycles. The second-order valence-corrected chi connectivity index (χ2v) is 13.4. The van der Waals surface area contributed by atoms with Crippen molar-refractivity contribution >= 4 is 10.9 Å². The van der Waals surface area contributed by atoms with Crippen molar-refractivity contribution in [2.75, 3.05) is 0 Å². The maximum Gasteiger partial charge on any atom is 0.160 e. The van der Waals surface area contributed by atoms with Gasteiger partial charge in [0.1, 0.15) is 0 Å². The third-order valence-corrected chi connectivity index (χ3v) is 10.1. The van der Waals surface area contributed by atoms with E-state index in [1.807, 2.05) is 6.07 Å². The summed E-state index contributed by atoms with van der Waals surface area (Å²) in [5.41, 5.74) is 16.2. The highest BCUT2D eigenvalue weighted by molar-refractivity contribution is 6.08. The van der Waals surface area contributed by atoms with E-state index in [0.717, 1.165) is 38.9 Å². The van der Waals surface area contributed by atoms with Crippen LogP contribution in [0.25, 0.3) is 78.1 Å². The zero-order chi connectivity index (χ0) is 33.0. The van der Waals surface area contributed by atoms with E-state index in [2.05, 4.69) is 178 Å². The van der Waals surface area contributed by atoms with Gasteiger partial charge in [0.25, 0.3) is 0 Å². The van der Waals surface area contributed by atoms with Gasteiger partial charge in [0.05, 0.1) is 11.2 Å². The van der Waals surface area contributed by atoms with Crippen LogP contribution in [-0.4, -0.2) is 9.97 Å². The first-order valence-electron chi connectivity index (χ1n) is 16.9. The maximum absolute atomic E-state index is 5.42. The van der Waals surface area contributed by atoms with Crippen molar-refractivity contribution in [2.45, 2.75) is 19.3 Å². The van der Waals surface area contributed by atoms with Crippen LogP contribution in [0.3, 0.4) is 0 Å². The van der Waals surface area contributed by atoms with Gasteiger partial charge in [-0.2, -0.15) is 0 Å². The van der Waals surface area contributed by atoms with Crippen LogP contribution in [0, 0.1) is 0 Å². The molecule has 0 radical (unpaired) electrons. The van der Waals surface area contributed by atoms with Crippen molar-refractivity contribution in [1.29, 1.82) is 0 Å². The molecule has 0 aliphatic heterocycles. The van der Waals surface area contributed by atoms with Gasteiger partial charge in [-0.15, -0.1) is 0 Å². The molecule has 49 heavy (non-hydrogen) atoms. The molecular formula is C47H34N2. The number of rotatable bonds is 5. The average Bonchev–Trinajstić information content (AvgIpc) is 3.41. The molecular weight excluding hydrogens is 593 g/mol. The molecule has 2 heteroatoms. The summed E-state index contributed by atoms with van der Waals surface area (Å²) in [6, 6.07) is 60.6. The Bertz CT molecular complexity index is 2490. The van der Waals surface area contributed by atoms with Crippen LogP contribution in [0.1, 0.15) is 25.0 Å². The topological polar surface area (TPSA) is 25.8 Å². The van der Waals surface area contributed by atoms with Gasteiger partial charge >= 0.3 is 0 Å². The van der Waals surface area contributed by atoms with Crippen molar-refractivity contribution in [3.05, 3.63) is 181 Å². The van der Waals surface area contributed by atoms with Crippen molar-refractivity contribution in [3.63, 3.8) is 0 Å². The number of nitrogens with zero attached hydrogens (tertiary/aromatic N) is 2. The van der Waals surface area contributed by atoms with Crippen LogP contribution in [0.2, 0.25) is 0 Å². The third kappa shape index (κ3) is 4.88. The summed E-state index contributed by atoms with van der Waals surface area (Å²) in [5, 5.41) is 1.06. The van der Waals surface area contributed by atoms with Crippen LogP contribution < -0.4 is 0 Å². The predicted molar refractivity (Wildman–Crippen MR) is 204 cm³/mol. The molecule has 0 N–H and O–H groups in total. The normalized spacial score (nSPS) is 12.9. The molecule has 232 valence electrons. The van der Waals surface area contributed by atoms with Crippen LogP contribution in [0.4, 0.5) is 0 Å². The number of hydrogen-bond donors (Lipinski definition) is 0. The molecule has 0 unspecified atom stereocenters. The molecule has 2 nitrogen and oxygen atoms in total. The molecule has 0 spiro atoms. The number of aromatic nitrogens is 2. The fourth-order valence-corrected chi connectivity index (χ4v) is 7.64. The molecule has 0 atom stereocenters. The minimum atomic E-state index is -0.0883. The van der Waals surface area contributed by atoms with E-state index in [1.54, 1.807) is 0 Å². The lowest BCUT2D eigenvalue weighted by Gasteiger charge is -2.22. The van der Waals surface area contributed by atoms with E-state index in [4.69, 9.17) is 9.97 Å². The Morgan fingerprint density at radius 1 is 0.388 bits per heavy atom. The Morgan fingerprint density at radius 2 is 0.918 bits per heavy atom. The largest absolute Gasteiger partial charge is 0.228 e. The highest BCUT2D eigenvalue weighted by atomic mass is 14.9. The van der Waals surface area contributed by atoms with Gasteiger partial charge in [-0.1, -0.05) is 172 Å². The molecule has 0 saturated carbocycles. The monoisotopic (exact) mass is 626 g/mol. The smallest absolute Gasteiger partial charge is 0.160 e. The third-order valence-electron chi connectivity index (χ3n) is 10.1. The van der Waals surface area contributed by atoms with Crippen LogP contribution in [-0.2, 0) is 5.41 Å². The van der Waals surface area contributed by atoms with E-state index in [0.29, 0.717) is 5.82 Å². The van der Waals surface area contributed by atoms with Gasteiger partial charge < -0.3 is 0 Å². The first-order chi connectivity index (χ1) is 24.1. The fourth-order valence-electron chi connectivity index (χ4n) is 7.64. The summed E-state index contributed by atoms with van der Waals surface area (Å²) in [7, 11) is 0. The predicted octanol–water partition coefficient (Wildman–Crippen LogP) is 12.3. The standard InChI is InChI=1S/C47H34N2/c1-47(2)40-23-10-9-20-39(40)43-37(21-12-24-41(43)47)38-22-13-25-42-44(38)45(36-19-11-18-35(30-36)32-16-7-4-8-17-32)49-46(48-42)34-28-26-33(27-29-34)31-14-5-3-6-15-31/h3-30H,1-2H3. The maximum atomic E-state index is 5.42. The van der Waals surface area contributed by atoms with Crippen molar-refractivity contribution < 1.29 is 0 Å². The summed E-state index contributed by atoms with van der Waals surface area (Å²) in [6.45, 7) is 4.67. The van der Waals surface area contributed by atoms with E-state index in [1.165, 1.54) is 44.5 Å². The molecule has 7 aromatic carbocycles. The second kappa shape index (κ2) is 11.5. The van der Waals surface area contributed by atoms with Gasteiger partial charge in [-0.3, -0.25) is 0 Å². The lowest BCUT2D eigenvalue weighted by atomic mass is 9.82. The molecule has 0 amide bonds. The Hall–Kier alpha value is -6.12. The van der Waals surface area contributed by atoms with E-state index in [9.17, 15) is 0 Å². The highest BCUT2D eigenvalue weighted by Crippen LogP contribution is 2.53. The molecule has 0 fully saturated rings. The zero-order valence-electron chi connectivity index (χ0n) is 27.6. The van der Waals surface area contributed by atoms with Gasteiger partial charge in [0, 0.05) is 21.9 Å². The summed E-state index contributed by atoms with van der Waals surface area (Å²) >= 11 is 0. The van der Waals surface area contributed by atoms with Crippen LogP contribution in [0.5, 0.6) is 0 Å². The van der Waals surface area contributed by atoms with Crippen LogP contribution >= 0.6 is 0 Å². The van der Waals surface area contributed by atoms with E-state index >= 15 is 0 Å². The average molecular weight is 627 g/mol. The van der Waals surface area contributed by atoms with E-state index in [-0.39, 0.29) is 5.41 Å². The zero-order valence-corrected chi connectivity index (χ0v) is 27.6. The minimum Gasteiger partial charge on any atom is -0.228 e. The molecule has 1 aromatic heterocycles. The van der Waals surface area contributed by atoms with Crippen molar-refractivity contribution in [2.24, 2.45) is 0 Å². The molecule has 0 saturated heterocycles. The van der Waals surface area contributed by atoms with Gasteiger partial charge in [0.2, 0.25) is 0 Å². The van der Waals surface area contributed by atoms with Gasteiger partial charge in [0.15, 0.2) is 5.82 Å². The fraction of sp³-hybridized carbons (Fsp3) is 0.0638. The summed E-state index contributed by atoms with van der Waals surface area (Å²) in [5.74, 6) is 0.717. The highest BCUT2D eigenvalue weighted by Gasteiger charge is 2.36. The molecule has 1 aliphatic rings. The SMILES string of the molecule is CC1(C)c2ccccc2-c2c(-c3cccc4nc(-c5ccc(-c6ccccc6)cc5)nc(-c5cccc(-c6ccccc6)c5)c34)cccc21. The lowest BCUT2D eigenvalue weighted by Crippen LogP contribution is -2.14. The molecule has 0 bridgehead atoms. The summed E-state index contributed by atoms with van der Waals surface area (Å²) < 4.78 is 0. The number of hydrogen-bond acceptors (Lipinski definition) is 2. The quantitative estimate of drug-likeness (QED) is 0.190. The first kappa shape index (κ1) is 29.1. The lowest BCUT2D eigenvalue weighted by molar-refractivity contribution is 0.660. The van der Waals surface area contributed by atoms with Crippen molar-refractivity contribution in [3.8, 4) is 67.2 Å². The second-order valence-electron chi connectivity index (χ2n) is 13.4. The Labute approximate surface area is 287 Å². The summed E-state index contributed by atoms with van der Waals surface area (Å²) in [4.78, 5) is 10.7. The number of benzene rings is 7. The molecule has 1 aliphatic carbocycles. The Kier molecular flexibility index (Phi) is 6.84. The van der Waals surface area contributed by atoms with Gasteiger partial charge in [-0.05, 0) is 67.8 Å². The summed E-state index contributed by atoms with van der Waals surface area (Å²) in [6.07, 6.45) is 0. The Morgan fingerprint density at radius 3 is 1.69 bits per heavy atom. The number of fused-ring (bicyclic) bond motifs is 4. The minimum absolute atomic E-state index is 0.0883. The molecule has 9 rings (SSSR count). The Balaban J connectivity index is 1.29. The van der Waals surface area contributed by atoms with E-state index < -0.39 is 0 Å². The van der Waals surface area contributed by atoms with Crippen molar-refractivity contribution in [1.82, 2.24) is 9.97 Å². The van der Waals surface area contributed by atoms with Gasteiger partial charge in [-0.25, -0.2) is 9.97 Å². The first-order valence-corrected chi connectivity index (χ1v) is 16.9. The molecule has 8 aromatic rings.